The second kappa shape index (κ2) is 3.29. The minimum Gasteiger partial charge on any atom is -0.347 e. The third-order valence-corrected chi connectivity index (χ3v) is 3.06. The Balaban J connectivity index is 2.29. The molecule has 1 unspecified atom stereocenters. The van der Waals surface area contributed by atoms with Crippen molar-refractivity contribution in [1.82, 2.24) is 4.98 Å². The summed E-state index contributed by atoms with van der Waals surface area (Å²) in [5, 5.41) is 1.98. The number of hydrogen-bond acceptors (Lipinski definition) is 4. The Labute approximate surface area is 88.1 Å². The summed E-state index contributed by atoms with van der Waals surface area (Å²) in [6.07, 6.45) is 0.869. The van der Waals surface area contributed by atoms with Crippen LogP contribution in [0, 0.1) is 5.51 Å². The van der Waals surface area contributed by atoms with Crippen molar-refractivity contribution in [2.75, 3.05) is 6.61 Å². The maximum atomic E-state index is 5.93. The van der Waals surface area contributed by atoms with Crippen LogP contribution in [0.5, 0.6) is 0 Å². The molecule has 2 heterocycles. The molecular weight excluding hydrogens is 198 g/mol. The molecule has 14 heavy (non-hydrogen) atoms. The van der Waals surface area contributed by atoms with Gasteiger partial charge >= 0.3 is 0 Å². The molecule has 1 aromatic heterocycles. The number of rotatable bonds is 2. The van der Waals surface area contributed by atoms with Crippen LogP contribution in [0.3, 0.4) is 0 Å². The average Bonchev–Trinajstić information content (AvgIpc) is 2.72. The van der Waals surface area contributed by atoms with Gasteiger partial charge in [0.25, 0.3) is 0 Å². The van der Waals surface area contributed by atoms with Crippen LogP contribution in [-0.4, -0.2) is 17.4 Å². The Kier molecular flexibility index (Phi) is 2.37. The fraction of sp³-hybridized carbons (Fsp3) is 0.700. The smallest absolute Gasteiger partial charge is 0.164 e. The van der Waals surface area contributed by atoms with Gasteiger partial charge in [-0.3, -0.25) is 0 Å². The van der Waals surface area contributed by atoms with Gasteiger partial charge in [0, 0.05) is 5.38 Å². The standard InChI is InChI=1S/C10H14NO2S/c1-4-10(8-5-14-7-11-8)6-12-9(2,3)13-10/h5H,4,6H2,1-3H3. The molecule has 1 saturated heterocycles. The van der Waals surface area contributed by atoms with Crippen molar-refractivity contribution in [3.8, 4) is 0 Å². The average molecular weight is 212 g/mol. The highest BCUT2D eigenvalue weighted by molar-refractivity contribution is 7.07. The second-order valence-electron chi connectivity index (χ2n) is 3.96. The molecule has 0 amide bonds. The molecular formula is C10H14NO2S. The van der Waals surface area contributed by atoms with Gasteiger partial charge in [-0.05, 0) is 20.3 Å². The summed E-state index contributed by atoms with van der Waals surface area (Å²) in [6, 6.07) is 0. The number of aromatic nitrogens is 1. The topological polar surface area (TPSA) is 31.4 Å². The molecule has 77 valence electrons. The first-order valence-corrected chi connectivity index (χ1v) is 5.62. The number of nitrogens with zero attached hydrogens (tertiary/aromatic N) is 1. The van der Waals surface area contributed by atoms with Gasteiger partial charge in [-0.25, -0.2) is 4.98 Å². The Hall–Kier alpha value is -0.450. The van der Waals surface area contributed by atoms with Crippen molar-refractivity contribution in [3.63, 3.8) is 0 Å². The zero-order valence-corrected chi connectivity index (χ0v) is 9.48. The van der Waals surface area contributed by atoms with Crippen LogP contribution in [0.1, 0.15) is 32.9 Å². The van der Waals surface area contributed by atoms with E-state index in [1.165, 1.54) is 11.3 Å². The highest BCUT2D eigenvalue weighted by Crippen LogP contribution is 2.40. The zero-order chi connectivity index (χ0) is 10.2. The molecule has 0 aliphatic carbocycles. The molecule has 0 saturated carbocycles. The molecule has 2 rings (SSSR count). The largest absolute Gasteiger partial charge is 0.347 e. The summed E-state index contributed by atoms with van der Waals surface area (Å²) in [5.74, 6) is -0.500. The molecule has 1 aromatic rings. The summed E-state index contributed by atoms with van der Waals surface area (Å²) in [5.41, 5.74) is 3.43. The second-order valence-corrected chi connectivity index (χ2v) is 4.62. The van der Waals surface area contributed by atoms with Gasteiger partial charge in [0.05, 0.1) is 12.3 Å². The molecule has 4 heteroatoms. The predicted octanol–water partition coefficient (Wildman–Crippen LogP) is 2.33. The van der Waals surface area contributed by atoms with Crippen LogP contribution in [0.15, 0.2) is 5.38 Å². The van der Waals surface area contributed by atoms with Crippen LogP contribution in [0.4, 0.5) is 0 Å². The summed E-state index contributed by atoms with van der Waals surface area (Å²) < 4.78 is 11.5. The Morgan fingerprint density at radius 1 is 1.64 bits per heavy atom. The van der Waals surface area contributed by atoms with Gasteiger partial charge in [0.15, 0.2) is 11.3 Å². The van der Waals surface area contributed by atoms with Crippen molar-refractivity contribution in [2.24, 2.45) is 0 Å². The zero-order valence-electron chi connectivity index (χ0n) is 8.66. The molecule has 1 aliphatic heterocycles. The van der Waals surface area contributed by atoms with E-state index in [0.717, 1.165) is 12.1 Å². The van der Waals surface area contributed by atoms with Crippen LogP contribution in [-0.2, 0) is 15.1 Å². The summed E-state index contributed by atoms with van der Waals surface area (Å²) in [7, 11) is 0. The maximum Gasteiger partial charge on any atom is 0.164 e. The van der Waals surface area contributed by atoms with E-state index in [1.807, 2.05) is 19.2 Å². The van der Waals surface area contributed by atoms with E-state index < -0.39 is 5.79 Å². The minimum absolute atomic E-state index is 0.361. The van der Waals surface area contributed by atoms with Gasteiger partial charge in [-0.15, -0.1) is 11.3 Å². The maximum absolute atomic E-state index is 5.93. The van der Waals surface area contributed by atoms with Gasteiger partial charge in [-0.1, -0.05) is 6.92 Å². The minimum atomic E-state index is -0.500. The fourth-order valence-corrected chi connectivity index (χ4v) is 2.28. The van der Waals surface area contributed by atoms with Crippen LogP contribution < -0.4 is 0 Å². The first-order chi connectivity index (χ1) is 6.58. The Bertz CT molecular complexity index is 310. The molecule has 1 aliphatic rings. The molecule has 3 nitrogen and oxygen atoms in total. The van der Waals surface area contributed by atoms with Crippen molar-refractivity contribution in [2.45, 2.75) is 38.6 Å². The lowest BCUT2D eigenvalue weighted by molar-refractivity contribution is -0.165. The van der Waals surface area contributed by atoms with Crippen molar-refractivity contribution >= 4 is 11.3 Å². The van der Waals surface area contributed by atoms with E-state index in [-0.39, 0.29) is 5.60 Å². The van der Waals surface area contributed by atoms with E-state index in [4.69, 9.17) is 9.47 Å². The van der Waals surface area contributed by atoms with Crippen molar-refractivity contribution in [1.29, 1.82) is 0 Å². The number of ether oxygens (including phenoxy) is 2. The van der Waals surface area contributed by atoms with Gasteiger partial charge < -0.3 is 9.47 Å². The first-order valence-electron chi connectivity index (χ1n) is 4.74. The van der Waals surface area contributed by atoms with E-state index in [9.17, 15) is 0 Å². The third kappa shape index (κ3) is 1.58. The lowest BCUT2D eigenvalue weighted by Crippen LogP contribution is -2.31. The molecule has 1 fully saturated rings. The van der Waals surface area contributed by atoms with E-state index in [2.05, 4.69) is 17.4 Å². The fourth-order valence-electron chi connectivity index (χ4n) is 1.69. The molecule has 0 aromatic carbocycles. The van der Waals surface area contributed by atoms with Crippen molar-refractivity contribution in [3.05, 3.63) is 16.6 Å². The van der Waals surface area contributed by atoms with E-state index >= 15 is 0 Å². The number of hydrogen-bond donors (Lipinski definition) is 0. The molecule has 0 N–H and O–H groups in total. The van der Waals surface area contributed by atoms with Gasteiger partial charge in [0.1, 0.15) is 5.60 Å². The summed E-state index contributed by atoms with van der Waals surface area (Å²) >= 11 is 1.47. The van der Waals surface area contributed by atoms with Crippen LogP contribution in [0.25, 0.3) is 0 Å². The highest BCUT2D eigenvalue weighted by atomic mass is 32.1. The summed E-state index contributed by atoms with van der Waals surface area (Å²) in [6.45, 7) is 6.53. The molecule has 0 spiro atoms. The van der Waals surface area contributed by atoms with E-state index in [1.54, 1.807) is 0 Å². The summed E-state index contributed by atoms with van der Waals surface area (Å²) in [4.78, 5) is 4.20. The molecule has 1 radical (unpaired) electrons. The number of thiazole rings is 1. The first kappa shape index (κ1) is 10.1. The lowest BCUT2D eigenvalue weighted by Gasteiger charge is -2.26. The van der Waals surface area contributed by atoms with E-state index in [0.29, 0.717) is 6.61 Å². The predicted molar refractivity (Wildman–Crippen MR) is 54.0 cm³/mol. The van der Waals surface area contributed by atoms with Gasteiger partial charge in [-0.2, -0.15) is 0 Å². The Morgan fingerprint density at radius 2 is 2.43 bits per heavy atom. The quantitative estimate of drug-likeness (QED) is 0.754. The normalized spacial score (nSPS) is 30.8. The van der Waals surface area contributed by atoms with Gasteiger partial charge in [0.2, 0.25) is 0 Å². The van der Waals surface area contributed by atoms with Crippen LogP contribution >= 0.6 is 11.3 Å². The SMILES string of the molecule is CCC1(c2cs[c]n2)COC(C)(C)O1. The third-order valence-electron chi connectivity index (χ3n) is 2.52. The Morgan fingerprint density at radius 3 is 2.86 bits per heavy atom. The van der Waals surface area contributed by atoms with Crippen molar-refractivity contribution < 1.29 is 9.47 Å². The molecule has 0 bridgehead atoms. The van der Waals surface area contributed by atoms with Crippen LogP contribution in [0.2, 0.25) is 0 Å². The molecule has 1 atom stereocenters. The highest BCUT2D eigenvalue weighted by Gasteiger charge is 2.46. The lowest BCUT2D eigenvalue weighted by atomic mass is 9.99. The monoisotopic (exact) mass is 212 g/mol.